The number of nitrogens with zero attached hydrogens (tertiary/aromatic N) is 3. The lowest BCUT2D eigenvalue weighted by Crippen LogP contribution is -2.51. The van der Waals surface area contributed by atoms with Crippen molar-refractivity contribution in [2.24, 2.45) is 5.41 Å². The Labute approximate surface area is 166 Å². The number of piperidine rings is 2. The molecule has 1 aromatic carbocycles. The van der Waals surface area contributed by atoms with Crippen molar-refractivity contribution < 1.29 is 14.0 Å². The smallest absolute Gasteiger partial charge is 0.230 e. The number of benzene rings is 1. The van der Waals surface area contributed by atoms with Crippen molar-refractivity contribution >= 4 is 11.8 Å². The molecule has 152 valence electrons. The summed E-state index contributed by atoms with van der Waals surface area (Å²) in [4.78, 5) is 31.2. The molecule has 2 amide bonds. The number of halogens is 1. The van der Waals surface area contributed by atoms with Gasteiger partial charge in [-0.15, -0.1) is 0 Å². The second-order valence-corrected chi connectivity index (χ2v) is 8.66. The average molecular weight is 387 g/mol. The molecule has 0 aromatic heterocycles. The zero-order chi connectivity index (χ0) is 19.7. The summed E-state index contributed by atoms with van der Waals surface area (Å²) in [5.41, 5.74) is 0.292. The highest BCUT2D eigenvalue weighted by molar-refractivity contribution is 5.84. The lowest BCUT2D eigenvalue weighted by molar-refractivity contribution is -0.146. The van der Waals surface area contributed by atoms with E-state index in [4.69, 9.17) is 0 Å². The average Bonchev–Trinajstić information content (AvgIpc) is 3.12. The molecule has 3 aliphatic heterocycles. The fraction of sp³-hybridized carbons (Fsp3) is 0.636. The summed E-state index contributed by atoms with van der Waals surface area (Å²) in [6.07, 6.45) is 4.79. The fourth-order valence-corrected chi connectivity index (χ4v) is 5.28. The number of likely N-dealkylation sites (tertiary alicyclic amines) is 3. The van der Waals surface area contributed by atoms with Gasteiger partial charge in [-0.05, 0) is 44.7 Å². The van der Waals surface area contributed by atoms with E-state index in [9.17, 15) is 14.0 Å². The molecule has 0 bridgehead atoms. The van der Waals surface area contributed by atoms with Crippen molar-refractivity contribution in [3.8, 4) is 0 Å². The normalized spacial score (nSPS) is 27.0. The van der Waals surface area contributed by atoms with Gasteiger partial charge in [0.2, 0.25) is 11.8 Å². The minimum Gasteiger partial charge on any atom is -0.343 e. The van der Waals surface area contributed by atoms with Crippen molar-refractivity contribution in [1.82, 2.24) is 14.7 Å². The molecule has 0 aliphatic carbocycles. The van der Waals surface area contributed by atoms with Crippen LogP contribution in [-0.4, -0.2) is 65.3 Å². The van der Waals surface area contributed by atoms with Crippen LogP contribution in [0, 0.1) is 11.2 Å². The molecule has 3 aliphatic rings. The van der Waals surface area contributed by atoms with Crippen molar-refractivity contribution in [3.05, 3.63) is 35.6 Å². The van der Waals surface area contributed by atoms with Crippen LogP contribution >= 0.6 is 0 Å². The number of carbonyl (C=O) groups excluding carboxylic acids is 2. The Hall–Kier alpha value is -1.95. The molecule has 0 radical (unpaired) electrons. The third-order valence-corrected chi connectivity index (χ3v) is 6.95. The summed E-state index contributed by atoms with van der Waals surface area (Å²) in [6.45, 7) is 6.11. The molecule has 1 spiro atoms. The van der Waals surface area contributed by atoms with E-state index in [-0.39, 0.29) is 23.0 Å². The molecule has 3 fully saturated rings. The summed E-state index contributed by atoms with van der Waals surface area (Å²) in [7, 11) is 0. The Kier molecular flexibility index (Phi) is 5.41. The third kappa shape index (κ3) is 3.66. The van der Waals surface area contributed by atoms with Crippen LogP contribution in [0.5, 0.6) is 0 Å². The molecule has 4 rings (SSSR count). The maximum Gasteiger partial charge on any atom is 0.230 e. The number of hydrogen-bond acceptors (Lipinski definition) is 3. The fourth-order valence-electron chi connectivity index (χ4n) is 5.28. The van der Waals surface area contributed by atoms with E-state index in [1.165, 1.54) is 6.07 Å². The molecular weight excluding hydrogens is 357 g/mol. The monoisotopic (exact) mass is 387 g/mol. The van der Waals surface area contributed by atoms with Crippen LogP contribution in [0.15, 0.2) is 24.3 Å². The Morgan fingerprint density at radius 2 is 1.89 bits per heavy atom. The van der Waals surface area contributed by atoms with Crippen LogP contribution in [0.25, 0.3) is 0 Å². The first-order chi connectivity index (χ1) is 13.5. The second-order valence-electron chi connectivity index (χ2n) is 8.66. The van der Waals surface area contributed by atoms with E-state index in [0.29, 0.717) is 24.7 Å². The summed E-state index contributed by atoms with van der Waals surface area (Å²) < 4.78 is 14.1. The predicted molar refractivity (Wildman–Crippen MR) is 105 cm³/mol. The Bertz CT molecular complexity index is 747. The molecule has 28 heavy (non-hydrogen) atoms. The zero-order valence-electron chi connectivity index (χ0n) is 16.7. The van der Waals surface area contributed by atoms with Gasteiger partial charge in [-0.3, -0.25) is 14.5 Å². The first-order valence-corrected chi connectivity index (χ1v) is 10.5. The van der Waals surface area contributed by atoms with Gasteiger partial charge >= 0.3 is 0 Å². The Morgan fingerprint density at radius 3 is 2.61 bits per heavy atom. The maximum absolute atomic E-state index is 14.1. The van der Waals surface area contributed by atoms with Crippen molar-refractivity contribution in [1.29, 1.82) is 0 Å². The lowest BCUT2D eigenvalue weighted by atomic mass is 9.78. The molecule has 1 aromatic rings. The first kappa shape index (κ1) is 19.4. The predicted octanol–water partition coefficient (Wildman–Crippen LogP) is 2.65. The van der Waals surface area contributed by atoms with Crippen molar-refractivity contribution in [3.63, 3.8) is 0 Å². The number of rotatable bonds is 3. The molecule has 3 saturated heterocycles. The van der Waals surface area contributed by atoms with Crippen LogP contribution in [-0.2, 0) is 16.1 Å². The van der Waals surface area contributed by atoms with E-state index < -0.39 is 0 Å². The first-order valence-electron chi connectivity index (χ1n) is 10.5. The molecule has 0 saturated carbocycles. The third-order valence-electron chi connectivity index (χ3n) is 6.95. The van der Waals surface area contributed by atoms with Crippen LogP contribution in [0.1, 0.15) is 44.6 Å². The number of hydrogen-bond donors (Lipinski definition) is 0. The van der Waals surface area contributed by atoms with Gasteiger partial charge in [-0.25, -0.2) is 4.39 Å². The van der Waals surface area contributed by atoms with E-state index in [2.05, 4.69) is 4.90 Å². The van der Waals surface area contributed by atoms with Crippen LogP contribution in [0.3, 0.4) is 0 Å². The topological polar surface area (TPSA) is 43.9 Å². The lowest BCUT2D eigenvalue weighted by Gasteiger charge is -2.41. The highest BCUT2D eigenvalue weighted by atomic mass is 19.1. The van der Waals surface area contributed by atoms with Crippen LogP contribution < -0.4 is 0 Å². The van der Waals surface area contributed by atoms with Crippen molar-refractivity contribution in [2.45, 2.75) is 51.6 Å². The molecule has 1 unspecified atom stereocenters. The zero-order valence-corrected chi connectivity index (χ0v) is 16.7. The highest BCUT2D eigenvalue weighted by Crippen LogP contribution is 2.42. The summed E-state index contributed by atoms with van der Waals surface area (Å²) >= 11 is 0. The van der Waals surface area contributed by atoms with Gasteiger partial charge in [0, 0.05) is 51.3 Å². The molecule has 6 heteroatoms. The molecule has 5 nitrogen and oxygen atoms in total. The quantitative estimate of drug-likeness (QED) is 0.801. The summed E-state index contributed by atoms with van der Waals surface area (Å²) in [5.74, 6) is 0.119. The van der Waals surface area contributed by atoms with Crippen LogP contribution in [0.2, 0.25) is 0 Å². The molecule has 0 N–H and O–H groups in total. The molecule has 1 atom stereocenters. The maximum atomic E-state index is 14.1. The molecular formula is C22H30FN3O2. The Balaban J connectivity index is 1.40. The van der Waals surface area contributed by atoms with Gasteiger partial charge in [-0.1, -0.05) is 18.2 Å². The van der Waals surface area contributed by atoms with Gasteiger partial charge in [0.05, 0.1) is 5.41 Å². The summed E-state index contributed by atoms with van der Waals surface area (Å²) in [5, 5.41) is 0. The van der Waals surface area contributed by atoms with Crippen molar-refractivity contribution in [2.75, 3.05) is 32.7 Å². The highest BCUT2D eigenvalue weighted by Gasteiger charge is 2.49. The van der Waals surface area contributed by atoms with Gasteiger partial charge in [-0.2, -0.15) is 0 Å². The summed E-state index contributed by atoms with van der Waals surface area (Å²) in [6, 6.07) is 7.21. The van der Waals surface area contributed by atoms with Gasteiger partial charge in [0.25, 0.3) is 0 Å². The van der Waals surface area contributed by atoms with Gasteiger partial charge < -0.3 is 9.80 Å². The SMILES string of the molecule is CC(=O)N1CCC(N2CCC3(CCCN(Cc4ccccc4F)C3=O)C2)CC1. The minimum atomic E-state index is -0.304. The number of amides is 2. The largest absolute Gasteiger partial charge is 0.343 e. The van der Waals surface area contributed by atoms with E-state index in [1.807, 2.05) is 15.9 Å². The van der Waals surface area contributed by atoms with E-state index >= 15 is 0 Å². The number of carbonyl (C=O) groups is 2. The van der Waals surface area contributed by atoms with Crippen LogP contribution in [0.4, 0.5) is 4.39 Å². The molecule has 3 heterocycles. The van der Waals surface area contributed by atoms with E-state index in [1.54, 1.807) is 19.1 Å². The second kappa shape index (κ2) is 7.82. The van der Waals surface area contributed by atoms with Gasteiger partial charge in [0.1, 0.15) is 5.82 Å². The van der Waals surface area contributed by atoms with Gasteiger partial charge in [0.15, 0.2) is 0 Å². The Morgan fingerprint density at radius 1 is 1.14 bits per heavy atom. The van der Waals surface area contributed by atoms with E-state index in [0.717, 1.165) is 58.3 Å². The minimum absolute atomic E-state index is 0.155. The standard InChI is InChI=1S/C22H30FN3O2/c1-17(27)24-12-7-19(8-13-24)26-14-10-22(16-26)9-4-11-25(21(22)28)15-18-5-2-3-6-20(18)23/h2-3,5-6,19H,4,7-16H2,1H3.